The van der Waals surface area contributed by atoms with E-state index < -0.39 is 0 Å². The number of nitrogens with one attached hydrogen (secondary N) is 1. The Labute approximate surface area is 97.1 Å². The second-order valence-electron chi connectivity index (χ2n) is 5.59. The van der Waals surface area contributed by atoms with Crippen molar-refractivity contribution in [1.82, 2.24) is 0 Å². The third-order valence-corrected chi connectivity index (χ3v) is 3.53. The van der Waals surface area contributed by atoms with E-state index in [4.69, 9.17) is 0 Å². The summed E-state index contributed by atoms with van der Waals surface area (Å²) in [5.41, 5.74) is 1.39. The van der Waals surface area contributed by atoms with Crippen LogP contribution in [0.1, 0.15) is 39.5 Å². The minimum Gasteiger partial charge on any atom is -0.382 e. The van der Waals surface area contributed by atoms with Gasteiger partial charge in [-0.2, -0.15) is 0 Å². The van der Waals surface area contributed by atoms with Gasteiger partial charge in [0.25, 0.3) is 0 Å². The van der Waals surface area contributed by atoms with Gasteiger partial charge < -0.3 is 5.32 Å². The fourth-order valence-electron chi connectivity index (χ4n) is 2.36. The lowest BCUT2D eigenvalue weighted by Crippen LogP contribution is -2.29. The highest BCUT2D eigenvalue weighted by atomic mass is 19.1. The minimum absolute atomic E-state index is 0.166. The van der Waals surface area contributed by atoms with Crippen LogP contribution in [0.25, 0.3) is 0 Å². The van der Waals surface area contributed by atoms with Crippen LogP contribution in [0.2, 0.25) is 0 Å². The predicted molar refractivity (Wildman–Crippen MR) is 66.1 cm³/mol. The number of halogens is 1. The Hall–Kier alpha value is -1.05. The van der Waals surface area contributed by atoms with Gasteiger partial charge in [-0.25, -0.2) is 4.39 Å². The summed E-state index contributed by atoms with van der Waals surface area (Å²) >= 11 is 0. The Morgan fingerprint density at radius 3 is 2.56 bits per heavy atom. The highest BCUT2D eigenvalue weighted by Gasteiger charge is 2.26. The van der Waals surface area contributed by atoms with Gasteiger partial charge in [0.15, 0.2) is 0 Å². The van der Waals surface area contributed by atoms with Crippen LogP contribution in [0, 0.1) is 11.2 Å². The first-order valence-corrected chi connectivity index (χ1v) is 6.07. The molecule has 0 saturated heterocycles. The highest BCUT2D eigenvalue weighted by Crippen LogP contribution is 2.36. The number of rotatable bonds is 2. The van der Waals surface area contributed by atoms with E-state index in [-0.39, 0.29) is 5.82 Å². The summed E-state index contributed by atoms with van der Waals surface area (Å²) < 4.78 is 13.0. The van der Waals surface area contributed by atoms with E-state index in [0.29, 0.717) is 11.5 Å². The fraction of sp³-hybridized carbons (Fsp3) is 0.571. The van der Waals surface area contributed by atoms with Gasteiger partial charge in [-0.1, -0.05) is 19.9 Å². The number of hydrogen-bond acceptors (Lipinski definition) is 1. The Balaban J connectivity index is 1.92. The van der Waals surface area contributed by atoms with Crippen LogP contribution in [0.15, 0.2) is 24.3 Å². The Morgan fingerprint density at radius 1 is 1.25 bits per heavy atom. The molecule has 0 heterocycles. The van der Waals surface area contributed by atoms with Crippen molar-refractivity contribution in [2.45, 2.75) is 45.6 Å². The SMILES string of the molecule is CC1(C)CCC(Nc2cccc(F)c2)CC1. The van der Waals surface area contributed by atoms with Crippen molar-refractivity contribution < 1.29 is 4.39 Å². The van der Waals surface area contributed by atoms with Gasteiger partial charge in [0, 0.05) is 11.7 Å². The maximum absolute atomic E-state index is 13.0. The Morgan fingerprint density at radius 2 is 1.94 bits per heavy atom. The van der Waals surface area contributed by atoms with Gasteiger partial charge in [0.2, 0.25) is 0 Å². The molecule has 1 saturated carbocycles. The zero-order valence-electron chi connectivity index (χ0n) is 10.1. The van der Waals surface area contributed by atoms with Crippen molar-refractivity contribution in [2.75, 3.05) is 5.32 Å². The Bertz CT molecular complexity index is 350. The van der Waals surface area contributed by atoms with Gasteiger partial charge in [-0.15, -0.1) is 0 Å². The molecule has 16 heavy (non-hydrogen) atoms. The quantitative estimate of drug-likeness (QED) is 0.789. The zero-order chi connectivity index (χ0) is 11.6. The first-order valence-electron chi connectivity index (χ1n) is 6.07. The maximum atomic E-state index is 13.0. The van der Waals surface area contributed by atoms with Crippen molar-refractivity contribution >= 4 is 5.69 Å². The van der Waals surface area contributed by atoms with Crippen molar-refractivity contribution in [3.63, 3.8) is 0 Å². The summed E-state index contributed by atoms with van der Waals surface area (Å²) in [7, 11) is 0. The first-order chi connectivity index (χ1) is 7.55. The minimum atomic E-state index is -0.166. The average Bonchev–Trinajstić information content (AvgIpc) is 2.21. The third-order valence-electron chi connectivity index (χ3n) is 3.53. The summed E-state index contributed by atoms with van der Waals surface area (Å²) in [6, 6.07) is 7.25. The van der Waals surface area contributed by atoms with E-state index in [1.807, 2.05) is 6.07 Å². The van der Waals surface area contributed by atoms with Gasteiger partial charge in [-0.3, -0.25) is 0 Å². The lowest BCUT2D eigenvalue weighted by molar-refractivity contribution is 0.232. The van der Waals surface area contributed by atoms with Crippen LogP contribution >= 0.6 is 0 Å². The third kappa shape index (κ3) is 2.97. The molecule has 0 aromatic heterocycles. The molecule has 1 N–H and O–H groups in total. The van der Waals surface area contributed by atoms with Crippen LogP contribution in [0.5, 0.6) is 0 Å². The molecule has 1 nitrogen and oxygen atoms in total. The van der Waals surface area contributed by atoms with E-state index in [2.05, 4.69) is 19.2 Å². The van der Waals surface area contributed by atoms with Crippen molar-refractivity contribution in [1.29, 1.82) is 0 Å². The molecular weight excluding hydrogens is 201 g/mol. The molecule has 0 amide bonds. The molecule has 0 bridgehead atoms. The van der Waals surface area contributed by atoms with E-state index in [1.165, 1.54) is 31.7 Å². The number of anilines is 1. The lowest BCUT2D eigenvalue weighted by Gasteiger charge is -2.35. The predicted octanol–water partition coefficient (Wildman–Crippen LogP) is 4.21. The Kier molecular flexibility index (Phi) is 3.17. The zero-order valence-corrected chi connectivity index (χ0v) is 10.1. The molecule has 2 heteroatoms. The van der Waals surface area contributed by atoms with E-state index >= 15 is 0 Å². The summed E-state index contributed by atoms with van der Waals surface area (Å²) in [4.78, 5) is 0. The summed E-state index contributed by atoms with van der Waals surface area (Å²) in [6.45, 7) is 4.65. The second-order valence-corrected chi connectivity index (χ2v) is 5.59. The van der Waals surface area contributed by atoms with Gasteiger partial charge in [0.05, 0.1) is 0 Å². The van der Waals surface area contributed by atoms with Crippen LogP contribution in [0.4, 0.5) is 10.1 Å². The monoisotopic (exact) mass is 221 g/mol. The van der Waals surface area contributed by atoms with E-state index in [1.54, 1.807) is 12.1 Å². The van der Waals surface area contributed by atoms with Crippen LogP contribution in [0.3, 0.4) is 0 Å². The van der Waals surface area contributed by atoms with Gasteiger partial charge in [-0.05, 0) is 49.3 Å². The van der Waals surface area contributed by atoms with E-state index in [9.17, 15) is 4.39 Å². The van der Waals surface area contributed by atoms with Gasteiger partial charge >= 0.3 is 0 Å². The van der Waals surface area contributed by atoms with E-state index in [0.717, 1.165) is 5.69 Å². The van der Waals surface area contributed by atoms with Crippen LogP contribution in [-0.4, -0.2) is 6.04 Å². The molecule has 1 fully saturated rings. The maximum Gasteiger partial charge on any atom is 0.125 e. The normalized spacial score (nSPS) is 20.7. The molecule has 88 valence electrons. The molecular formula is C14H20FN. The standard InChI is InChI=1S/C14H20FN/c1-14(2)8-6-12(7-9-14)16-13-5-3-4-11(15)10-13/h3-5,10,12,16H,6-9H2,1-2H3. The summed E-state index contributed by atoms with van der Waals surface area (Å²) in [5, 5.41) is 3.42. The molecule has 1 aliphatic carbocycles. The number of hydrogen-bond donors (Lipinski definition) is 1. The first kappa shape index (κ1) is 11.4. The molecule has 0 atom stereocenters. The highest BCUT2D eigenvalue weighted by molar-refractivity contribution is 5.44. The van der Waals surface area contributed by atoms with Crippen molar-refractivity contribution in [3.8, 4) is 0 Å². The molecule has 1 aromatic rings. The van der Waals surface area contributed by atoms with Crippen LogP contribution in [-0.2, 0) is 0 Å². The fourth-order valence-corrected chi connectivity index (χ4v) is 2.36. The second kappa shape index (κ2) is 4.44. The lowest BCUT2D eigenvalue weighted by atomic mass is 9.75. The van der Waals surface area contributed by atoms with Gasteiger partial charge in [0.1, 0.15) is 5.82 Å². The topological polar surface area (TPSA) is 12.0 Å². The van der Waals surface area contributed by atoms with Crippen molar-refractivity contribution in [3.05, 3.63) is 30.1 Å². The molecule has 2 rings (SSSR count). The molecule has 0 radical (unpaired) electrons. The summed E-state index contributed by atoms with van der Waals surface area (Å²) in [5.74, 6) is -0.166. The summed E-state index contributed by atoms with van der Waals surface area (Å²) in [6.07, 6.45) is 4.87. The molecule has 0 spiro atoms. The number of benzene rings is 1. The largest absolute Gasteiger partial charge is 0.382 e. The average molecular weight is 221 g/mol. The smallest absolute Gasteiger partial charge is 0.125 e. The van der Waals surface area contributed by atoms with Crippen molar-refractivity contribution in [2.24, 2.45) is 5.41 Å². The molecule has 1 aliphatic rings. The molecule has 0 unspecified atom stereocenters. The molecule has 1 aromatic carbocycles. The molecule has 0 aliphatic heterocycles. The van der Waals surface area contributed by atoms with Crippen LogP contribution < -0.4 is 5.32 Å².